The van der Waals surface area contributed by atoms with Crippen LogP contribution in [0.1, 0.15) is 89.0 Å². The molecule has 1 heterocycles. The minimum atomic E-state index is -5.14. The molecule has 3 fully saturated rings. The molecule has 0 spiro atoms. The second kappa shape index (κ2) is 15.1. The Labute approximate surface area is 237 Å². The number of piperidine rings is 1. The van der Waals surface area contributed by atoms with Crippen LogP contribution in [0, 0.1) is 11.8 Å². The van der Waals surface area contributed by atoms with E-state index in [0.717, 1.165) is 95.3 Å². The van der Waals surface area contributed by atoms with E-state index >= 15 is 0 Å². The number of urea groups is 1. The topological polar surface area (TPSA) is 53.1 Å². The van der Waals surface area contributed by atoms with Gasteiger partial charge < -0.3 is 14.6 Å². The standard InChI is InChI=1S/C31H46F3N3O3/c32-31(33,34)29(38)40-37(28-15-8-3-9-16-28)30(39)36(24-27-13-6-2-7-14-27)20-10-19-35-21-17-26(18-22-35)23-25-11-4-1-5-12-25/h1,4-5,11-12,26-28H,2-3,6-10,13-24H2. The summed E-state index contributed by atoms with van der Waals surface area (Å²) in [4.78, 5) is 34.5. The van der Waals surface area contributed by atoms with E-state index in [9.17, 15) is 22.8 Å². The summed E-state index contributed by atoms with van der Waals surface area (Å²) in [7, 11) is 0. The molecule has 0 atom stereocenters. The molecular formula is C31H46F3N3O3. The van der Waals surface area contributed by atoms with Crippen LogP contribution in [0.5, 0.6) is 0 Å². The highest BCUT2D eigenvalue weighted by Gasteiger charge is 2.45. The number of carbonyl (C=O) groups excluding carboxylic acids is 2. The molecule has 1 aliphatic heterocycles. The predicted molar refractivity (Wildman–Crippen MR) is 148 cm³/mol. The fourth-order valence-corrected chi connectivity index (χ4v) is 6.66. The van der Waals surface area contributed by atoms with Crippen molar-refractivity contribution in [3.8, 4) is 0 Å². The summed E-state index contributed by atoms with van der Waals surface area (Å²) < 4.78 is 39.4. The van der Waals surface area contributed by atoms with Crippen LogP contribution in [0.25, 0.3) is 0 Å². The van der Waals surface area contributed by atoms with Gasteiger partial charge in [-0.05, 0) is 88.4 Å². The lowest BCUT2D eigenvalue weighted by atomic mass is 9.89. The highest BCUT2D eigenvalue weighted by molar-refractivity contribution is 5.79. The van der Waals surface area contributed by atoms with E-state index in [2.05, 4.69) is 29.2 Å². The zero-order chi connectivity index (χ0) is 28.4. The largest absolute Gasteiger partial charge is 0.493 e. The fourth-order valence-electron chi connectivity index (χ4n) is 6.66. The molecule has 0 N–H and O–H groups in total. The first kappa shape index (κ1) is 30.7. The lowest BCUT2D eigenvalue weighted by Crippen LogP contribution is -2.52. The summed E-state index contributed by atoms with van der Waals surface area (Å²) in [5, 5.41) is 0.785. The molecule has 0 unspecified atom stereocenters. The third-order valence-corrected chi connectivity index (χ3v) is 8.96. The predicted octanol–water partition coefficient (Wildman–Crippen LogP) is 6.99. The van der Waals surface area contributed by atoms with Gasteiger partial charge in [-0.25, -0.2) is 9.59 Å². The Kier molecular flexibility index (Phi) is 11.6. The van der Waals surface area contributed by atoms with Crippen LogP contribution in [-0.2, 0) is 16.1 Å². The number of benzene rings is 1. The molecule has 1 aromatic carbocycles. The monoisotopic (exact) mass is 565 g/mol. The van der Waals surface area contributed by atoms with Crippen LogP contribution in [-0.4, -0.2) is 71.8 Å². The van der Waals surface area contributed by atoms with E-state index in [0.29, 0.717) is 37.8 Å². The zero-order valence-corrected chi connectivity index (χ0v) is 23.8. The summed E-state index contributed by atoms with van der Waals surface area (Å²) in [6, 6.07) is 9.50. The highest BCUT2D eigenvalue weighted by Crippen LogP contribution is 2.29. The Hall–Kier alpha value is -2.29. The Balaban J connectivity index is 1.35. The minimum Gasteiger partial charge on any atom is -0.328 e. The number of rotatable bonds is 9. The normalized spacial score (nSPS) is 20.3. The van der Waals surface area contributed by atoms with Crippen LogP contribution in [0.2, 0.25) is 0 Å². The number of amides is 2. The number of nitrogens with zero attached hydrogens (tertiary/aromatic N) is 3. The van der Waals surface area contributed by atoms with Crippen molar-refractivity contribution < 1.29 is 27.6 Å². The van der Waals surface area contributed by atoms with Gasteiger partial charge in [-0.1, -0.05) is 68.9 Å². The third kappa shape index (κ3) is 9.38. The molecule has 0 radical (unpaired) electrons. The summed E-state index contributed by atoms with van der Waals surface area (Å²) in [6.07, 6.45) is 8.11. The number of hydroxylamine groups is 2. The maximum atomic E-state index is 13.8. The molecule has 1 saturated heterocycles. The Bertz CT molecular complexity index is 909. The van der Waals surface area contributed by atoms with E-state index in [1.807, 2.05) is 6.07 Å². The first-order valence-electron chi connectivity index (χ1n) is 15.4. The number of carbonyl (C=O) groups is 2. The maximum Gasteiger partial charge on any atom is 0.493 e. The van der Waals surface area contributed by atoms with E-state index in [1.54, 1.807) is 4.90 Å². The number of hydrogen-bond donors (Lipinski definition) is 0. The van der Waals surface area contributed by atoms with Crippen LogP contribution < -0.4 is 0 Å². The van der Waals surface area contributed by atoms with Gasteiger partial charge in [0.1, 0.15) is 0 Å². The molecule has 1 aromatic rings. The molecule has 3 aliphatic rings. The van der Waals surface area contributed by atoms with E-state index in [1.165, 1.54) is 12.0 Å². The second-order valence-electron chi connectivity index (χ2n) is 12.1. The quantitative estimate of drug-likeness (QED) is 0.303. The number of hydrogen-bond acceptors (Lipinski definition) is 4. The number of halogens is 3. The molecule has 2 saturated carbocycles. The zero-order valence-electron chi connectivity index (χ0n) is 23.8. The SMILES string of the molecule is O=C(N(CCCN1CCC(Cc2ccccc2)CC1)CC1CCCCC1)N(OC(=O)C(F)(F)F)C1CCCCC1. The molecule has 2 amide bonds. The van der Waals surface area contributed by atoms with Crippen molar-refractivity contribution >= 4 is 12.0 Å². The van der Waals surface area contributed by atoms with Crippen molar-refractivity contribution in [3.63, 3.8) is 0 Å². The Morgan fingerprint density at radius 3 is 2.10 bits per heavy atom. The second-order valence-corrected chi connectivity index (χ2v) is 12.1. The van der Waals surface area contributed by atoms with Crippen molar-refractivity contribution in [2.75, 3.05) is 32.7 Å². The van der Waals surface area contributed by atoms with Crippen molar-refractivity contribution in [2.45, 2.75) is 102 Å². The smallest absolute Gasteiger partial charge is 0.328 e. The van der Waals surface area contributed by atoms with Crippen LogP contribution in [0.4, 0.5) is 18.0 Å². The lowest BCUT2D eigenvalue weighted by Gasteiger charge is -2.38. The molecule has 6 nitrogen and oxygen atoms in total. The molecule has 0 aromatic heterocycles. The van der Waals surface area contributed by atoms with Crippen molar-refractivity contribution in [1.82, 2.24) is 14.9 Å². The van der Waals surface area contributed by atoms with Crippen LogP contribution in [0.3, 0.4) is 0 Å². The molecule has 40 heavy (non-hydrogen) atoms. The van der Waals surface area contributed by atoms with Crippen LogP contribution in [0.15, 0.2) is 30.3 Å². The van der Waals surface area contributed by atoms with Crippen LogP contribution >= 0.6 is 0 Å². The molecule has 224 valence electrons. The van der Waals surface area contributed by atoms with Crippen molar-refractivity contribution in [1.29, 1.82) is 0 Å². The number of alkyl halides is 3. The lowest BCUT2D eigenvalue weighted by molar-refractivity contribution is -0.236. The van der Waals surface area contributed by atoms with Gasteiger partial charge in [0.05, 0.1) is 6.04 Å². The van der Waals surface area contributed by atoms with Crippen molar-refractivity contribution in [3.05, 3.63) is 35.9 Å². The summed E-state index contributed by atoms with van der Waals surface area (Å²) in [5.74, 6) is -1.31. The summed E-state index contributed by atoms with van der Waals surface area (Å²) in [6.45, 7) is 3.84. The average Bonchev–Trinajstić information content (AvgIpc) is 2.97. The number of likely N-dealkylation sites (tertiary alicyclic amines) is 1. The van der Waals surface area contributed by atoms with Gasteiger partial charge in [0, 0.05) is 13.1 Å². The average molecular weight is 566 g/mol. The highest BCUT2D eigenvalue weighted by atomic mass is 19.4. The van der Waals surface area contributed by atoms with E-state index in [-0.39, 0.29) is 0 Å². The molecule has 2 aliphatic carbocycles. The maximum absolute atomic E-state index is 13.8. The minimum absolute atomic E-state index is 0.331. The van der Waals surface area contributed by atoms with Crippen molar-refractivity contribution in [2.24, 2.45) is 11.8 Å². The molecule has 0 bridgehead atoms. The van der Waals surface area contributed by atoms with E-state index in [4.69, 9.17) is 4.84 Å². The first-order chi connectivity index (χ1) is 19.3. The van der Waals surface area contributed by atoms with Gasteiger partial charge in [0.25, 0.3) is 0 Å². The molecular weight excluding hydrogens is 519 g/mol. The first-order valence-corrected chi connectivity index (χ1v) is 15.4. The van der Waals surface area contributed by atoms with Gasteiger partial charge in [-0.3, -0.25) is 0 Å². The van der Waals surface area contributed by atoms with Gasteiger partial charge in [0.2, 0.25) is 0 Å². The van der Waals surface area contributed by atoms with Gasteiger partial charge in [0.15, 0.2) is 0 Å². The molecule has 9 heteroatoms. The Morgan fingerprint density at radius 1 is 0.850 bits per heavy atom. The Morgan fingerprint density at radius 2 is 1.48 bits per heavy atom. The van der Waals surface area contributed by atoms with Gasteiger partial charge in [-0.15, -0.1) is 5.06 Å². The summed E-state index contributed by atoms with van der Waals surface area (Å²) >= 11 is 0. The van der Waals surface area contributed by atoms with Gasteiger partial charge >= 0.3 is 18.2 Å². The van der Waals surface area contributed by atoms with Gasteiger partial charge in [-0.2, -0.15) is 13.2 Å². The summed E-state index contributed by atoms with van der Waals surface area (Å²) in [5.41, 5.74) is 1.38. The molecule has 4 rings (SSSR count). The third-order valence-electron chi connectivity index (χ3n) is 8.96. The fraction of sp³-hybridized carbons (Fsp3) is 0.742. The van der Waals surface area contributed by atoms with E-state index < -0.39 is 24.2 Å².